The molecular formula is C35H42FN5. The van der Waals surface area contributed by atoms with E-state index in [4.69, 9.17) is 4.99 Å². The fraction of sp³-hybridized carbons (Fsp3) is 0.371. The number of nitrogens with one attached hydrogen (secondary N) is 1. The standard InChI is InChI=1S/C35H42FN5/c1-3-4-18-40-20-22-41(23-21-40)19-17-27-9-15-31(16-10-27)39-26-38-25-29-24-34(28-11-13-30(36)14-12-28)32-7-5-6-8-33(32)35(29)37-2/h5-16,25,34,39H,2-4,17-24,26H2,1H3/b38-25-. The van der Waals surface area contributed by atoms with Crippen LogP contribution in [0.4, 0.5) is 10.1 Å². The quantitative estimate of drug-likeness (QED) is 0.250. The van der Waals surface area contributed by atoms with Crippen molar-refractivity contribution < 1.29 is 4.39 Å². The topological polar surface area (TPSA) is 43.2 Å². The van der Waals surface area contributed by atoms with Crippen LogP contribution in [0.2, 0.25) is 0 Å². The van der Waals surface area contributed by atoms with E-state index in [9.17, 15) is 4.39 Å². The fourth-order valence-corrected chi connectivity index (χ4v) is 5.90. The minimum Gasteiger partial charge on any atom is -0.366 e. The van der Waals surface area contributed by atoms with Crippen molar-refractivity contribution in [1.82, 2.24) is 9.80 Å². The van der Waals surface area contributed by atoms with E-state index in [1.165, 1.54) is 68.8 Å². The van der Waals surface area contributed by atoms with Crippen LogP contribution >= 0.6 is 0 Å². The van der Waals surface area contributed by atoms with Gasteiger partial charge in [-0.3, -0.25) is 9.98 Å². The maximum atomic E-state index is 13.6. The predicted octanol–water partition coefficient (Wildman–Crippen LogP) is 6.87. The lowest BCUT2D eigenvalue weighted by Gasteiger charge is -2.34. The number of anilines is 1. The minimum atomic E-state index is -0.223. The van der Waals surface area contributed by atoms with Crippen molar-refractivity contribution in [2.45, 2.75) is 38.5 Å². The Balaban J connectivity index is 1.15. The van der Waals surface area contributed by atoms with E-state index in [-0.39, 0.29) is 11.7 Å². The van der Waals surface area contributed by atoms with E-state index >= 15 is 0 Å². The molecule has 0 amide bonds. The SMILES string of the molecule is C=NC1=C(/C=N\CNc2ccc(CCN3CCN(CCCC)CC3)cc2)CC(c2ccc(F)cc2)c2ccccc21. The highest BCUT2D eigenvalue weighted by atomic mass is 19.1. The largest absolute Gasteiger partial charge is 0.366 e. The molecule has 0 radical (unpaired) electrons. The molecule has 1 aliphatic carbocycles. The molecule has 0 spiro atoms. The molecule has 6 heteroatoms. The summed E-state index contributed by atoms with van der Waals surface area (Å²) < 4.78 is 13.6. The summed E-state index contributed by atoms with van der Waals surface area (Å²) in [5.41, 5.74) is 7.67. The van der Waals surface area contributed by atoms with Gasteiger partial charge in [0, 0.05) is 56.1 Å². The number of allylic oxidation sites excluding steroid dienone is 1. The van der Waals surface area contributed by atoms with Gasteiger partial charge in [-0.15, -0.1) is 0 Å². The molecule has 5 rings (SSSR count). The zero-order chi connectivity index (χ0) is 28.4. The number of halogens is 1. The second-order valence-corrected chi connectivity index (χ2v) is 11.1. The van der Waals surface area contributed by atoms with Crippen molar-refractivity contribution in [3.8, 4) is 0 Å². The van der Waals surface area contributed by atoms with E-state index in [0.29, 0.717) is 6.67 Å². The third-order valence-electron chi connectivity index (χ3n) is 8.34. The van der Waals surface area contributed by atoms with Crippen LogP contribution in [0.1, 0.15) is 54.4 Å². The maximum absolute atomic E-state index is 13.6. The monoisotopic (exact) mass is 551 g/mol. The molecule has 1 unspecified atom stereocenters. The molecule has 5 nitrogen and oxygen atoms in total. The number of rotatable bonds is 12. The Morgan fingerprint density at radius 1 is 0.927 bits per heavy atom. The third kappa shape index (κ3) is 7.57. The van der Waals surface area contributed by atoms with Crippen molar-refractivity contribution in [2.75, 3.05) is 51.3 Å². The van der Waals surface area contributed by atoms with Gasteiger partial charge in [0.2, 0.25) is 0 Å². The number of piperazine rings is 1. The summed E-state index contributed by atoms with van der Waals surface area (Å²) in [6.45, 7) is 13.7. The molecule has 0 aromatic heterocycles. The first-order chi connectivity index (χ1) is 20.1. The van der Waals surface area contributed by atoms with Crippen LogP contribution in [0.15, 0.2) is 88.4 Å². The molecule has 1 aliphatic heterocycles. The summed E-state index contributed by atoms with van der Waals surface area (Å²) in [5, 5.41) is 3.42. The second kappa shape index (κ2) is 14.3. The van der Waals surface area contributed by atoms with Crippen molar-refractivity contribution in [2.24, 2.45) is 9.98 Å². The molecule has 1 N–H and O–H groups in total. The van der Waals surface area contributed by atoms with Gasteiger partial charge in [0.15, 0.2) is 0 Å². The van der Waals surface area contributed by atoms with E-state index < -0.39 is 0 Å². The third-order valence-corrected chi connectivity index (χ3v) is 8.34. The number of aliphatic imine (C=N–C) groups is 2. The van der Waals surface area contributed by atoms with Gasteiger partial charge < -0.3 is 15.1 Å². The van der Waals surface area contributed by atoms with E-state index in [2.05, 4.69) is 70.1 Å². The van der Waals surface area contributed by atoms with Gasteiger partial charge in [0.25, 0.3) is 0 Å². The Kier molecular flexibility index (Phi) is 10.1. The molecule has 1 fully saturated rings. The zero-order valence-corrected chi connectivity index (χ0v) is 24.2. The number of benzene rings is 3. The lowest BCUT2D eigenvalue weighted by Crippen LogP contribution is -2.47. The summed E-state index contributed by atoms with van der Waals surface area (Å²) in [6.07, 6.45) is 6.32. The smallest absolute Gasteiger partial charge is 0.123 e. The van der Waals surface area contributed by atoms with Crippen LogP contribution in [-0.4, -0.2) is 68.7 Å². The summed E-state index contributed by atoms with van der Waals surface area (Å²) >= 11 is 0. The number of nitrogens with zero attached hydrogens (tertiary/aromatic N) is 4. The summed E-state index contributed by atoms with van der Waals surface area (Å²) in [5.74, 6) is -0.108. The van der Waals surface area contributed by atoms with Gasteiger partial charge in [-0.05, 0) is 79.1 Å². The van der Waals surface area contributed by atoms with Gasteiger partial charge >= 0.3 is 0 Å². The Morgan fingerprint density at radius 2 is 1.63 bits per heavy atom. The number of hydrogen-bond acceptors (Lipinski definition) is 5. The average Bonchev–Trinajstić information content (AvgIpc) is 3.02. The van der Waals surface area contributed by atoms with Crippen LogP contribution in [-0.2, 0) is 6.42 Å². The van der Waals surface area contributed by atoms with Crippen LogP contribution < -0.4 is 5.32 Å². The molecule has 1 heterocycles. The van der Waals surface area contributed by atoms with Crippen LogP contribution in [0.3, 0.4) is 0 Å². The lowest BCUT2D eigenvalue weighted by molar-refractivity contribution is 0.132. The van der Waals surface area contributed by atoms with Gasteiger partial charge in [0.1, 0.15) is 12.5 Å². The first kappa shape index (κ1) is 28.9. The highest BCUT2D eigenvalue weighted by Gasteiger charge is 2.26. The van der Waals surface area contributed by atoms with E-state index in [1.807, 2.05) is 30.5 Å². The number of fused-ring (bicyclic) bond motifs is 1. The molecule has 1 atom stereocenters. The maximum Gasteiger partial charge on any atom is 0.123 e. The summed E-state index contributed by atoms with van der Waals surface area (Å²) in [4.78, 5) is 14.3. The van der Waals surface area contributed by atoms with Crippen LogP contribution in [0, 0.1) is 5.82 Å². The molecule has 2 aliphatic rings. The van der Waals surface area contributed by atoms with E-state index in [1.54, 1.807) is 0 Å². The zero-order valence-electron chi connectivity index (χ0n) is 24.2. The minimum absolute atomic E-state index is 0.115. The summed E-state index contributed by atoms with van der Waals surface area (Å²) in [7, 11) is 0. The van der Waals surface area contributed by atoms with Gasteiger partial charge in [-0.25, -0.2) is 4.39 Å². The fourth-order valence-electron chi connectivity index (χ4n) is 5.90. The second-order valence-electron chi connectivity index (χ2n) is 11.1. The van der Waals surface area contributed by atoms with Crippen molar-refractivity contribution >= 4 is 24.3 Å². The van der Waals surface area contributed by atoms with Gasteiger partial charge in [-0.2, -0.15) is 0 Å². The Labute approximate surface area is 244 Å². The average molecular weight is 552 g/mol. The molecule has 41 heavy (non-hydrogen) atoms. The van der Waals surface area contributed by atoms with Gasteiger partial charge in [-0.1, -0.05) is 61.9 Å². The van der Waals surface area contributed by atoms with Crippen LogP contribution in [0.5, 0.6) is 0 Å². The number of hydrogen-bond donors (Lipinski definition) is 1. The molecule has 0 bridgehead atoms. The normalized spacial score (nSPS) is 18.0. The molecule has 214 valence electrons. The first-order valence-corrected chi connectivity index (χ1v) is 15.0. The molecule has 0 saturated carbocycles. The Hall–Kier alpha value is -3.61. The van der Waals surface area contributed by atoms with Crippen molar-refractivity contribution in [3.05, 3.63) is 106 Å². The molecule has 3 aromatic carbocycles. The van der Waals surface area contributed by atoms with E-state index in [0.717, 1.165) is 47.5 Å². The predicted molar refractivity (Wildman–Crippen MR) is 171 cm³/mol. The molecular weight excluding hydrogens is 509 g/mol. The molecule has 3 aromatic rings. The molecule has 1 saturated heterocycles. The first-order valence-electron chi connectivity index (χ1n) is 15.0. The Morgan fingerprint density at radius 3 is 2.34 bits per heavy atom. The lowest BCUT2D eigenvalue weighted by atomic mass is 9.78. The summed E-state index contributed by atoms with van der Waals surface area (Å²) in [6, 6.07) is 23.8. The highest BCUT2D eigenvalue weighted by Crippen LogP contribution is 2.42. The van der Waals surface area contributed by atoms with Gasteiger partial charge in [0.05, 0.1) is 5.70 Å². The van der Waals surface area contributed by atoms with Crippen molar-refractivity contribution in [3.63, 3.8) is 0 Å². The number of unbranched alkanes of at least 4 members (excludes halogenated alkanes) is 1. The van der Waals surface area contributed by atoms with Crippen molar-refractivity contribution in [1.29, 1.82) is 0 Å². The van der Waals surface area contributed by atoms with Crippen LogP contribution in [0.25, 0.3) is 5.70 Å². The highest BCUT2D eigenvalue weighted by molar-refractivity contribution is 5.94. The Bertz CT molecular complexity index is 1340.